The monoisotopic (exact) mass is 357 g/mol. The van der Waals surface area contributed by atoms with Crippen LogP contribution in [0.25, 0.3) is 0 Å². The number of hydrogen-bond donors (Lipinski definition) is 1. The van der Waals surface area contributed by atoms with Gasteiger partial charge >= 0.3 is 5.97 Å². The number of rotatable bonds is 4. The fraction of sp³-hybridized carbons (Fsp3) is 0.421. The SMILES string of the molecule is COc1cccc([C@@H]2CN(C(=O)c3c(C)nn(C)c3C)C[C@H]2C(=O)O)c1. The molecule has 0 aliphatic carbocycles. The number of ether oxygens (including phenoxy) is 1. The van der Waals surface area contributed by atoms with Gasteiger partial charge in [0.15, 0.2) is 0 Å². The molecule has 2 heterocycles. The highest BCUT2D eigenvalue weighted by molar-refractivity contribution is 5.97. The molecule has 1 aliphatic rings. The Labute approximate surface area is 152 Å². The number of carbonyl (C=O) groups excluding carboxylic acids is 1. The van der Waals surface area contributed by atoms with Gasteiger partial charge in [-0.15, -0.1) is 0 Å². The molecule has 3 rings (SSSR count). The number of methoxy groups -OCH3 is 1. The molecule has 2 aromatic rings. The summed E-state index contributed by atoms with van der Waals surface area (Å²) in [6.45, 7) is 4.18. The molecule has 1 fully saturated rings. The minimum atomic E-state index is -0.896. The molecular formula is C19H23N3O4. The van der Waals surface area contributed by atoms with Crippen LogP contribution >= 0.6 is 0 Å². The lowest BCUT2D eigenvalue weighted by Crippen LogP contribution is -2.30. The van der Waals surface area contributed by atoms with Gasteiger partial charge in [0.25, 0.3) is 5.91 Å². The molecule has 0 spiro atoms. The van der Waals surface area contributed by atoms with Crippen LogP contribution in [0.4, 0.5) is 0 Å². The third-order valence-electron chi connectivity index (χ3n) is 5.17. The van der Waals surface area contributed by atoms with Crippen molar-refractivity contribution in [3.05, 3.63) is 46.8 Å². The summed E-state index contributed by atoms with van der Waals surface area (Å²) in [5.41, 5.74) is 2.87. The van der Waals surface area contributed by atoms with Crippen molar-refractivity contribution in [2.24, 2.45) is 13.0 Å². The van der Waals surface area contributed by atoms with Gasteiger partial charge in [0.2, 0.25) is 0 Å². The standard InChI is InChI=1S/C19H23N3O4/c1-11-17(12(2)21(3)20-11)18(23)22-9-15(16(10-22)19(24)25)13-6-5-7-14(8-13)26-4/h5-8,15-16H,9-10H2,1-4H3,(H,24,25)/t15-,16+/m0/s1. The van der Waals surface area contributed by atoms with Gasteiger partial charge in [0.05, 0.1) is 24.3 Å². The molecule has 1 N–H and O–H groups in total. The van der Waals surface area contributed by atoms with E-state index in [2.05, 4.69) is 5.10 Å². The van der Waals surface area contributed by atoms with E-state index < -0.39 is 11.9 Å². The van der Waals surface area contributed by atoms with Gasteiger partial charge in [0, 0.05) is 31.7 Å². The Morgan fingerprint density at radius 2 is 2.00 bits per heavy atom. The van der Waals surface area contributed by atoms with E-state index in [1.54, 1.807) is 30.7 Å². The third kappa shape index (κ3) is 3.05. The van der Waals surface area contributed by atoms with Gasteiger partial charge in [-0.1, -0.05) is 12.1 Å². The Bertz CT molecular complexity index is 858. The lowest BCUT2D eigenvalue weighted by Gasteiger charge is -2.17. The van der Waals surface area contributed by atoms with E-state index in [-0.39, 0.29) is 18.4 Å². The fourth-order valence-corrected chi connectivity index (χ4v) is 3.67. The average Bonchev–Trinajstić information content (AvgIpc) is 3.17. The topological polar surface area (TPSA) is 84.7 Å². The van der Waals surface area contributed by atoms with Gasteiger partial charge in [0.1, 0.15) is 5.75 Å². The number of nitrogens with zero attached hydrogens (tertiary/aromatic N) is 3. The largest absolute Gasteiger partial charge is 0.497 e. The van der Waals surface area contributed by atoms with Gasteiger partial charge in [-0.2, -0.15) is 5.10 Å². The molecule has 7 heteroatoms. The molecule has 1 aromatic heterocycles. The maximum atomic E-state index is 13.0. The minimum absolute atomic E-state index is 0.162. The molecule has 1 amide bonds. The third-order valence-corrected chi connectivity index (χ3v) is 5.17. The van der Waals surface area contributed by atoms with E-state index in [1.165, 1.54) is 0 Å². The second kappa shape index (κ2) is 6.82. The molecule has 1 saturated heterocycles. The first kappa shape index (κ1) is 18.0. The van der Waals surface area contributed by atoms with Gasteiger partial charge < -0.3 is 14.7 Å². The summed E-state index contributed by atoms with van der Waals surface area (Å²) in [6.07, 6.45) is 0. The van der Waals surface area contributed by atoms with Crippen molar-refractivity contribution in [1.82, 2.24) is 14.7 Å². The second-order valence-corrected chi connectivity index (χ2v) is 6.71. The van der Waals surface area contributed by atoms with E-state index in [9.17, 15) is 14.7 Å². The summed E-state index contributed by atoms with van der Waals surface area (Å²) in [4.78, 5) is 26.4. The molecule has 1 aliphatic heterocycles. The van der Waals surface area contributed by atoms with Crippen molar-refractivity contribution in [2.45, 2.75) is 19.8 Å². The summed E-state index contributed by atoms with van der Waals surface area (Å²) >= 11 is 0. The second-order valence-electron chi connectivity index (χ2n) is 6.71. The molecule has 1 aromatic carbocycles. The highest BCUT2D eigenvalue weighted by Gasteiger charge is 2.41. The Balaban J connectivity index is 1.92. The number of benzene rings is 1. The Hall–Kier alpha value is -2.83. The first-order valence-electron chi connectivity index (χ1n) is 8.49. The van der Waals surface area contributed by atoms with Crippen LogP contribution in [0, 0.1) is 19.8 Å². The van der Waals surface area contributed by atoms with Gasteiger partial charge in [-0.05, 0) is 31.5 Å². The maximum Gasteiger partial charge on any atom is 0.308 e. The van der Waals surface area contributed by atoms with E-state index in [4.69, 9.17) is 4.74 Å². The van der Waals surface area contributed by atoms with Gasteiger partial charge in [-0.25, -0.2) is 0 Å². The number of likely N-dealkylation sites (tertiary alicyclic amines) is 1. The average molecular weight is 357 g/mol. The summed E-state index contributed by atoms with van der Waals surface area (Å²) in [5, 5.41) is 14.0. The number of carboxylic acids is 1. The molecule has 0 bridgehead atoms. The van der Waals surface area contributed by atoms with Crippen LogP contribution in [0.3, 0.4) is 0 Å². The number of amides is 1. The quantitative estimate of drug-likeness (QED) is 0.904. The number of aromatic nitrogens is 2. The maximum absolute atomic E-state index is 13.0. The molecule has 2 atom stereocenters. The first-order valence-corrected chi connectivity index (χ1v) is 8.49. The van der Waals surface area contributed by atoms with Crippen molar-refractivity contribution in [2.75, 3.05) is 20.2 Å². The number of carboxylic acid groups (broad SMARTS) is 1. The van der Waals surface area contributed by atoms with Crippen molar-refractivity contribution in [3.8, 4) is 5.75 Å². The van der Waals surface area contributed by atoms with E-state index >= 15 is 0 Å². The normalized spacial score (nSPS) is 19.6. The summed E-state index contributed by atoms with van der Waals surface area (Å²) in [6, 6.07) is 7.39. The van der Waals surface area contributed by atoms with Crippen LogP contribution in [0.2, 0.25) is 0 Å². The first-order chi connectivity index (χ1) is 12.3. The Kier molecular flexibility index (Phi) is 4.71. The lowest BCUT2D eigenvalue weighted by atomic mass is 9.89. The molecule has 0 unspecified atom stereocenters. The smallest absolute Gasteiger partial charge is 0.308 e. The van der Waals surface area contributed by atoms with Crippen LogP contribution in [0.5, 0.6) is 5.75 Å². The predicted molar refractivity (Wildman–Crippen MR) is 95.4 cm³/mol. The number of aryl methyl sites for hydroxylation is 2. The van der Waals surface area contributed by atoms with Crippen LogP contribution in [-0.2, 0) is 11.8 Å². The predicted octanol–water partition coefficient (Wildman–Crippen LogP) is 1.99. The molecular weight excluding hydrogens is 334 g/mol. The Morgan fingerprint density at radius 3 is 2.58 bits per heavy atom. The highest BCUT2D eigenvalue weighted by Crippen LogP contribution is 2.35. The molecule has 7 nitrogen and oxygen atoms in total. The summed E-state index contributed by atoms with van der Waals surface area (Å²) < 4.78 is 6.92. The number of aliphatic carboxylic acids is 1. The van der Waals surface area contributed by atoms with E-state index in [1.807, 2.05) is 31.2 Å². The van der Waals surface area contributed by atoms with Crippen LogP contribution in [-0.4, -0.2) is 51.9 Å². The highest BCUT2D eigenvalue weighted by atomic mass is 16.5. The lowest BCUT2D eigenvalue weighted by molar-refractivity contribution is -0.141. The Morgan fingerprint density at radius 1 is 1.27 bits per heavy atom. The zero-order chi connectivity index (χ0) is 19.0. The van der Waals surface area contributed by atoms with Crippen molar-refractivity contribution < 1.29 is 19.4 Å². The van der Waals surface area contributed by atoms with Crippen molar-refractivity contribution in [1.29, 1.82) is 0 Å². The number of carbonyl (C=O) groups is 2. The zero-order valence-electron chi connectivity index (χ0n) is 15.4. The molecule has 26 heavy (non-hydrogen) atoms. The summed E-state index contributed by atoms with van der Waals surface area (Å²) in [5.74, 6) is -1.31. The van der Waals surface area contributed by atoms with E-state index in [0.717, 1.165) is 11.3 Å². The number of hydrogen-bond acceptors (Lipinski definition) is 4. The fourth-order valence-electron chi connectivity index (χ4n) is 3.67. The van der Waals surface area contributed by atoms with Crippen LogP contribution < -0.4 is 4.74 Å². The molecule has 0 radical (unpaired) electrons. The van der Waals surface area contributed by atoms with E-state index in [0.29, 0.717) is 23.6 Å². The van der Waals surface area contributed by atoms with Gasteiger partial charge in [-0.3, -0.25) is 14.3 Å². The van der Waals surface area contributed by atoms with Crippen molar-refractivity contribution in [3.63, 3.8) is 0 Å². The van der Waals surface area contributed by atoms with Crippen LogP contribution in [0.1, 0.15) is 33.2 Å². The summed E-state index contributed by atoms with van der Waals surface area (Å²) in [7, 11) is 3.37. The van der Waals surface area contributed by atoms with Crippen LogP contribution in [0.15, 0.2) is 24.3 Å². The minimum Gasteiger partial charge on any atom is -0.497 e. The molecule has 138 valence electrons. The molecule has 0 saturated carbocycles. The van der Waals surface area contributed by atoms with Crippen molar-refractivity contribution >= 4 is 11.9 Å². The zero-order valence-corrected chi connectivity index (χ0v) is 15.4.